The summed E-state index contributed by atoms with van der Waals surface area (Å²) in [6.45, 7) is 1.39. The van der Waals surface area contributed by atoms with Crippen LogP contribution in [0, 0.1) is 0 Å². The smallest absolute Gasteiger partial charge is 0.234 e. The molecule has 0 fully saturated rings. The Bertz CT molecular complexity index is 658. The number of hydrogen-bond donors (Lipinski definition) is 2. The highest BCUT2D eigenvalue weighted by Crippen LogP contribution is 2.27. The van der Waals surface area contributed by atoms with Crippen LogP contribution in [0.5, 0.6) is 11.5 Å². The SMILES string of the molecule is COCCNCC(=O)NC(c1cccc(OC)c1)c1cccc(OC)c1. The van der Waals surface area contributed by atoms with E-state index in [0.29, 0.717) is 13.2 Å². The van der Waals surface area contributed by atoms with Crippen LogP contribution in [0.3, 0.4) is 0 Å². The molecule has 0 bridgehead atoms. The lowest BCUT2D eigenvalue weighted by Crippen LogP contribution is -2.37. The third kappa shape index (κ3) is 5.75. The van der Waals surface area contributed by atoms with Crippen molar-refractivity contribution in [3.05, 3.63) is 59.7 Å². The summed E-state index contributed by atoms with van der Waals surface area (Å²) < 4.78 is 15.6. The van der Waals surface area contributed by atoms with Crippen LogP contribution in [0.15, 0.2) is 48.5 Å². The van der Waals surface area contributed by atoms with E-state index in [9.17, 15) is 4.79 Å². The molecule has 0 atom stereocenters. The largest absolute Gasteiger partial charge is 0.497 e. The van der Waals surface area contributed by atoms with E-state index in [-0.39, 0.29) is 18.5 Å². The first-order chi connectivity index (χ1) is 12.7. The summed E-state index contributed by atoms with van der Waals surface area (Å²) in [4.78, 5) is 12.4. The molecule has 2 rings (SSSR count). The zero-order valence-corrected chi connectivity index (χ0v) is 15.5. The molecule has 0 radical (unpaired) electrons. The van der Waals surface area contributed by atoms with Gasteiger partial charge in [0, 0.05) is 13.7 Å². The molecule has 6 nitrogen and oxygen atoms in total. The topological polar surface area (TPSA) is 68.8 Å². The molecule has 0 heterocycles. The number of carbonyl (C=O) groups is 1. The van der Waals surface area contributed by atoms with Crippen LogP contribution in [0.2, 0.25) is 0 Å². The molecule has 0 saturated heterocycles. The van der Waals surface area contributed by atoms with E-state index in [1.807, 2.05) is 48.5 Å². The monoisotopic (exact) mass is 358 g/mol. The van der Waals surface area contributed by atoms with E-state index < -0.39 is 0 Å². The number of methoxy groups -OCH3 is 3. The van der Waals surface area contributed by atoms with E-state index in [1.165, 1.54) is 0 Å². The van der Waals surface area contributed by atoms with Crippen LogP contribution in [0.4, 0.5) is 0 Å². The summed E-state index contributed by atoms with van der Waals surface area (Å²) in [5, 5.41) is 6.13. The average Bonchev–Trinajstić information content (AvgIpc) is 2.69. The third-order valence-electron chi connectivity index (χ3n) is 3.93. The molecule has 26 heavy (non-hydrogen) atoms. The summed E-state index contributed by atoms with van der Waals surface area (Å²) in [5.41, 5.74) is 1.87. The quantitative estimate of drug-likeness (QED) is 0.637. The number of benzene rings is 2. The highest BCUT2D eigenvalue weighted by Gasteiger charge is 2.18. The highest BCUT2D eigenvalue weighted by molar-refractivity contribution is 5.79. The molecule has 6 heteroatoms. The molecule has 0 aliphatic carbocycles. The second kappa shape index (κ2) is 10.4. The van der Waals surface area contributed by atoms with Gasteiger partial charge < -0.3 is 24.8 Å². The highest BCUT2D eigenvalue weighted by atomic mass is 16.5. The number of amides is 1. The second-order valence-electron chi connectivity index (χ2n) is 5.72. The van der Waals surface area contributed by atoms with Gasteiger partial charge >= 0.3 is 0 Å². The van der Waals surface area contributed by atoms with E-state index >= 15 is 0 Å². The lowest BCUT2D eigenvalue weighted by Gasteiger charge is -2.21. The summed E-state index contributed by atoms with van der Waals surface area (Å²) in [6, 6.07) is 15.0. The molecule has 2 aromatic carbocycles. The van der Waals surface area contributed by atoms with Gasteiger partial charge in [0.25, 0.3) is 0 Å². The molecule has 1 amide bonds. The standard InChI is InChI=1S/C20H26N2O4/c1-24-11-10-21-14-19(23)22-20(15-6-4-8-17(12-15)25-2)16-7-5-9-18(13-16)26-3/h4-9,12-13,20-21H,10-11,14H2,1-3H3,(H,22,23). The Morgan fingerprint density at radius 3 is 2.04 bits per heavy atom. The Kier molecular flexibility index (Phi) is 7.92. The van der Waals surface area contributed by atoms with Crippen molar-refractivity contribution >= 4 is 5.91 Å². The molecular weight excluding hydrogens is 332 g/mol. The predicted octanol–water partition coefficient (Wildman–Crippen LogP) is 2.15. The first-order valence-electron chi connectivity index (χ1n) is 8.45. The number of carbonyl (C=O) groups excluding carboxylic acids is 1. The van der Waals surface area contributed by atoms with Crippen LogP contribution in [-0.4, -0.2) is 46.9 Å². The number of nitrogens with one attached hydrogen (secondary N) is 2. The molecular formula is C20H26N2O4. The maximum Gasteiger partial charge on any atom is 0.234 e. The van der Waals surface area contributed by atoms with Gasteiger partial charge in [-0.05, 0) is 35.4 Å². The summed E-state index contributed by atoms with van der Waals surface area (Å²) in [6.07, 6.45) is 0. The van der Waals surface area contributed by atoms with E-state index in [2.05, 4.69) is 10.6 Å². The Hall–Kier alpha value is -2.57. The van der Waals surface area contributed by atoms with Crippen molar-refractivity contribution in [1.82, 2.24) is 10.6 Å². The Labute approximate surface area is 154 Å². The molecule has 2 aromatic rings. The Morgan fingerprint density at radius 2 is 1.54 bits per heavy atom. The predicted molar refractivity (Wildman–Crippen MR) is 101 cm³/mol. The summed E-state index contributed by atoms with van der Waals surface area (Å²) >= 11 is 0. The first kappa shape index (κ1) is 19.8. The van der Waals surface area contributed by atoms with Crippen molar-refractivity contribution in [3.8, 4) is 11.5 Å². The lowest BCUT2D eigenvalue weighted by atomic mass is 9.98. The zero-order valence-electron chi connectivity index (χ0n) is 15.5. The maximum absolute atomic E-state index is 12.4. The van der Waals surface area contributed by atoms with Crippen LogP contribution >= 0.6 is 0 Å². The average molecular weight is 358 g/mol. The van der Waals surface area contributed by atoms with Crippen LogP contribution in [-0.2, 0) is 9.53 Å². The van der Waals surface area contributed by atoms with Gasteiger partial charge in [-0.15, -0.1) is 0 Å². The maximum atomic E-state index is 12.4. The van der Waals surface area contributed by atoms with E-state index in [0.717, 1.165) is 22.6 Å². The molecule has 0 saturated carbocycles. The van der Waals surface area contributed by atoms with Crippen molar-refractivity contribution in [2.45, 2.75) is 6.04 Å². The second-order valence-corrected chi connectivity index (χ2v) is 5.72. The van der Waals surface area contributed by atoms with E-state index in [1.54, 1.807) is 21.3 Å². The molecule has 2 N–H and O–H groups in total. The van der Waals surface area contributed by atoms with Crippen molar-refractivity contribution in [2.75, 3.05) is 41.0 Å². The Balaban J connectivity index is 2.22. The molecule has 140 valence electrons. The zero-order chi connectivity index (χ0) is 18.8. The summed E-state index contributed by atoms with van der Waals surface area (Å²) in [7, 11) is 4.87. The van der Waals surface area contributed by atoms with Gasteiger partial charge in [-0.25, -0.2) is 0 Å². The van der Waals surface area contributed by atoms with Crippen LogP contribution in [0.1, 0.15) is 17.2 Å². The fourth-order valence-electron chi connectivity index (χ4n) is 2.59. The van der Waals surface area contributed by atoms with Gasteiger partial charge in [-0.2, -0.15) is 0 Å². The minimum absolute atomic E-state index is 0.100. The van der Waals surface area contributed by atoms with E-state index in [4.69, 9.17) is 14.2 Å². The van der Waals surface area contributed by atoms with Gasteiger partial charge in [-0.1, -0.05) is 24.3 Å². The number of ether oxygens (including phenoxy) is 3. The van der Waals surface area contributed by atoms with Gasteiger partial charge in [0.1, 0.15) is 11.5 Å². The molecule has 0 aliphatic rings. The van der Waals surface area contributed by atoms with Crippen LogP contribution < -0.4 is 20.1 Å². The van der Waals surface area contributed by atoms with Crippen molar-refractivity contribution in [1.29, 1.82) is 0 Å². The number of rotatable bonds is 10. The van der Waals surface area contributed by atoms with Crippen LogP contribution in [0.25, 0.3) is 0 Å². The summed E-state index contributed by atoms with van der Waals surface area (Å²) in [5.74, 6) is 1.38. The molecule has 0 aliphatic heterocycles. The molecule has 0 aromatic heterocycles. The third-order valence-corrected chi connectivity index (χ3v) is 3.93. The van der Waals surface area contributed by atoms with Gasteiger partial charge in [0.05, 0.1) is 33.4 Å². The van der Waals surface area contributed by atoms with Gasteiger partial charge in [0.15, 0.2) is 0 Å². The number of hydrogen-bond acceptors (Lipinski definition) is 5. The normalized spacial score (nSPS) is 10.6. The minimum Gasteiger partial charge on any atom is -0.497 e. The fraction of sp³-hybridized carbons (Fsp3) is 0.350. The van der Waals surface area contributed by atoms with Gasteiger partial charge in [-0.3, -0.25) is 4.79 Å². The lowest BCUT2D eigenvalue weighted by molar-refractivity contribution is -0.120. The van der Waals surface area contributed by atoms with Crippen molar-refractivity contribution in [3.63, 3.8) is 0 Å². The minimum atomic E-state index is -0.308. The fourth-order valence-corrected chi connectivity index (χ4v) is 2.59. The van der Waals surface area contributed by atoms with Gasteiger partial charge in [0.2, 0.25) is 5.91 Å². The molecule has 0 unspecified atom stereocenters. The Morgan fingerprint density at radius 1 is 0.962 bits per heavy atom. The first-order valence-corrected chi connectivity index (χ1v) is 8.45. The molecule has 0 spiro atoms. The van der Waals surface area contributed by atoms with Crippen molar-refractivity contribution in [2.24, 2.45) is 0 Å². The van der Waals surface area contributed by atoms with Crippen molar-refractivity contribution < 1.29 is 19.0 Å².